The first-order chi connectivity index (χ1) is 12.0. The fraction of sp³-hybridized carbons (Fsp3) is 0.278. The second-order valence-corrected chi connectivity index (χ2v) is 4.70. The first kappa shape index (κ1) is 19.8. The van der Waals surface area contributed by atoms with E-state index < -0.39 is 11.9 Å². The maximum Gasteiger partial charge on any atom is 0.348 e. The summed E-state index contributed by atoms with van der Waals surface area (Å²) in [5.74, 6) is -0.153. The van der Waals surface area contributed by atoms with E-state index in [-0.39, 0.29) is 18.8 Å². The Balaban J connectivity index is 2.37. The third kappa shape index (κ3) is 6.79. The van der Waals surface area contributed by atoms with Gasteiger partial charge in [0.05, 0.1) is 27.4 Å². The molecule has 1 rings (SSSR count). The van der Waals surface area contributed by atoms with Gasteiger partial charge in [-0.15, -0.1) is 0 Å². The van der Waals surface area contributed by atoms with Crippen LogP contribution < -0.4 is 9.47 Å². The zero-order valence-electron chi connectivity index (χ0n) is 14.1. The number of esters is 2. The molecule has 0 heterocycles. The van der Waals surface area contributed by atoms with Gasteiger partial charge < -0.3 is 18.9 Å². The minimum absolute atomic E-state index is 0.0339. The summed E-state index contributed by atoms with van der Waals surface area (Å²) < 4.78 is 20.0. The molecule has 0 aromatic heterocycles. The van der Waals surface area contributed by atoms with Gasteiger partial charge in [0.2, 0.25) is 0 Å². The fourth-order valence-corrected chi connectivity index (χ4v) is 1.70. The van der Waals surface area contributed by atoms with Gasteiger partial charge in [-0.25, -0.2) is 9.59 Å². The van der Waals surface area contributed by atoms with Crippen molar-refractivity contribution in [2.45, 2.75) is 6.42 Å². The molecule has 0 aliphatic carbocycles. The normalized spacial score (nSPS) is 9.96. The van der Waals surface area contributed by atoms with Crippen LogP contribution in [0.4, 0.5) is 0 Å². The van der Waals surface area contributed by atoms with E-state index in [2.05, 4.69) is 6.58 Å². The van der Waals surface area contributed by atoms with Crippen LogP contribution in [0.2, 0.25) is 0 Å². The van der Waals surface area contributed by atoms with E-state index in [0.717, 1.165) is 5.56 Å². The summed E-state index contributed by atoms with van der Waals surface area (Å²) in [5.41, 5.74) is 0.480. The molecule has 0 radical (unpaired) electrons. The highest BCUT2D eigenvalue weighted by Crippen LogP contribution is 2.27. The minimum Gasteiger partial charge on any atom is -0.493 e. The Labute approximate surface area is 146 Å². The van der Waals surface area contributed by atoms with Crippen LogP contribution in [0.5, 0.6) is 11.5 Å². The summed E-state index contributed by atoms with van der Waals surface area (Å²) in [6, 6.07) is 6.82. The molecule has 25 heavy (non-hydrogen) atoms. The highest BCUT2D eigenvalue weighted by Gasteiger charge is 2.07. The predicted octanol–water partition coefficient (Wildman–Crippen LogP) is 2.27. The van der Waals surface area contributed by atoms with Crippen LogP contribution in [0.1, 0.15) is 12.0 Å². The van der Waals surface area contributed by atoms with E-state index in [1.54, 1.807) is 30.3 Å². The van der Waals surface area contributed by atoms with Crippen LogP contribution in [0.15, 0.2) is 36.4 Å². The predicted molar refractivity (Wildman–Crippen MR) is 89.9 cm³/mol. The smallest absolute Gasteiger partial charge is 0.348 e. The molecule has 0 atom stereocenters. The van der Waals surface area contributed by atoms with Gasteiger partial charge in [-0.1, -0.05) is 12.6 Å². The molecule has 1 aromatic rings. The van der Waals surface area contributed by atoms with E-state index in [9.17, 15) is 9.59 Å². The van der Waals surface area contributed by atoms with Gasteiger partial charge in [0, 0.05) is 12.5 Å². The van der Waals surface area contributed by atoms with Gasteiger partial charge in [0.15, 0.2) is 11.5 Å². The first-order valence-corrected chi connectivity index (χ1v) is 7.34. The molecular weight excluding hydrogens is 326 g/mol. The minimum atomic E-state index is -0.776. The van der Waals surface area contributed by atoms with Gasteiger partial charge in [-0.05, 0) is 23.8 Å². The highest BCUT2D eigenvalue weighted by molar-refractivity contribution is 5.91. The maximum absolute atomic E-state index is 11.6. The molecular formula is C18H19NO6. The second kappa shape index (κ2) is 10.5. The average Bonchev–Trinajstić information content (AvgIpc) is 2.64. The SMILES string of the molecule is C=C(C#N)C(=O)OCCCOC(=O)/C=C/c1ccc(OC)c(OC)c1. The molecule has 7 heteroatoms. The number of rotatable bonds is 9. The lowest BCUT2D eigenvalue weighted by atomic mass is 10.2. The molecule has 0 spiro atoms. The molecule has 7 nitrogen and oxygen atoms in total. The number of carbonyl (C=O) groups is 2. The third-order valence-electron chi connectivity index (χ3n) is 2.97. The number of ether oxygens (including phenoxy) is 4. The van der Waals surface area contributed by atoms with Crippen LogP contribution in [-0.4, -0.2) is 39.4 Å². The molecule has 0 fully saturated rings. The molecule has 1 aromatic carbocycles. The van der Waals surface area contributed by atoms with Gasteiger partial charge in [-0.3, -0.25) is 0 Å². The number of nitrogens with zero attached hydrogens (tertiary/aromatic N) is 1. The Bertz CT molecular complexity index is 702. The van der Waals surface area contributed by atoms with Gasteiger partial charge in [0.1, 0.15) is 11.6 Å². The second-order valence-electron chi connectivity index (χ2n) is 4.70. The van der Waals surface area contributed by atoms with E-state index >= 15 is 0 Å². The lowest BCUT2D eigenvalue weighted by Gasteiger charge is -2.07. The summed E-state index contributed by atoms with van der Waals surface area (Å²) in [7, 11) is 3.07. The van der Waals surface area contributed by atoms with Gasteiger partial charge in [-0.2, -0.15) is 5.26 Å². The van der Waals surface area contributed by atoms with Crippen molar-refractivity contribution < 1.29 is 28.5 Å². The van der Waals surface area contributed by atoms with E-state index in [1.807, 2.05) is 0 Å². The Morgan fingerprint density at radius 3 is 2.48 bits per heavy atom. The number of benzene rings is 1. The third-order valence-corrected chi connectivity index (χ3v) is 2.97. The molecule has 0 aliphatic rings. The zero-order chi connectivity index (χ0) is 18.7. The molecule has 0 saturated carbocycles. The molecule has 0 aliphatic heterocycles. The largest absolute Gasteiger partial charge is 0.493 e. The summed E-state index contributed by atoms with van der Waals surface area (Å²) in [4.78, 5) is 22.8. The van der Waals surface area contributed by atoms with Crippen LogP contribution in [-0.2, 0) is 19.1 Å². The Kier molecular flexibility index (Phi) is 8.30. The first-order valence-electron chi connectivity index (χ1n) is 7.34. The summed E-state index contributed by atoms with van der Waals surface area (Å²) >= 11 is 0. The van der Waals surface area contributed by atoms with Gasteiger partial charge in [0.25, 0.3) is 0 Å². The highest BCUT2D eigenvalue weighted by atomic mass is 16.5. The van der Waals surface area contributed by atoms with Gasteiger partial charge >= 0.3 is 11.9 Å². The molecule has 0 N–H and O–H groups in total. The summed E-state index contributed by atoms with van der Waals surface area (Å²) in [6.45, 7) is 3.35. The maximum atomic E-state index is 11.6. The summed E-state index contributed by atoms with van der Waals surface area (Å²) in [5, 5.41) is 8.45. The van der Waals surface area contributed by atoms with E-state index in [1.165, 1.54) is 20.3 Å². The van der Waals surface area contributed by atoms with Crippen molar-refractivity contribution in [3.05, 3.63) is 42.0 Å². The van der Waals surface area contributed by atoms with Crippen molar-refractivity contribution in [1.82, 2.24) is 0 Å². The van der Waals surface area contributed by atoms with E-state index in [4.69, 9.17) is 24.2 Å². The van der Waals surface area contributed by atoms with Crippen molar-refractivity contribution in [2.24, 2.45) is 0 Å². The van der Waals surface area contributed by atoms with Crippen molar-refractivity contribution in [3.8, 4) is 17.6 Å². The molecule has 132 valence electrons. The Hall–Kier alpha value is -3.27. The van der Waals surface area contributed by atoms with Crippen molar-refractivity contribution >= 4 is 18.0 Å². The van der Waals surface area contributed by atoms with Crippen LogP contribution >= 0.6 is 0 Å². The zero-order valence-corrected chi connectivity index (χ0v) is 14.1. The Morgan fingerprint density at radius 1 is 1.16 bits per heavy atom. The number of hydrogen-bond acceptors (Lipinski definition) is 7. The number of hydrogen-bond donors (Lipinski definition) is 0. The molecule has 0 saturated heterocycles. The topological polar surface area (TPSA) is 94.9 Å². The van der Waals surface area contributed by atoms with Crippen LogP contribution in [0.25, 0.3) is 6.08 Å². The van der Waals surface area contributed by atoms with Crippen LogP contribution in [0, 0.1) is 11.3 Å². The molecule has 0 bridgehead atoms. The quantitative estimate of drug-likeness (QED) is 0.293. The lowest BCUT2D eigenvalue weighted by molar-refractivity contribution is -0.140. The Morgan fingerprint density at radius 2 is 1.84 bits per heavy atom. The van der Waals surface area contributed by atoms with Crippen LogP contribution in [0.3, 0.4) is 0 Å². The van der Waals surface area contributed by atoms with Crippen molar-refractivity contribution in [1.29, 1.82) is 5.26 Å². The summed E-state index contributed by atoms with van der Waals surface area (Å²) in [6.07, 6.45) is 3.19. The van der Waals surface area contributed by atoms with Crippen molar-refractivity contribution in [2.75, 3.05) is 27.4 Å². The number of carbonyl (C=O) groups excluding carboxylic acids is 2. The monoisotopic (exact) mass is 345 g/mol. The number of nitriles is 1. The molecule has 0 unspecified atom stereocenters. The number of methoxy groups -OCH3 is 2. The average molecular weight is 345 g/mol. The molecule has 0 amide bonds. The van der Waals surface area contributed by atoms with Crippen molar-refractivity contribution in [3.63, 3.8) is 0 Å². The standard InChI is InChI=1S/C18H19NO6/c1-13(12-19)18(21)25-10-4-9-24-17(20)8-6-14-5-7-15(22-2)16(11-14)23-3/h5-8,11H,1,4,9-10H2,2-3H3/b8-6+. The van der Waals surface area contributed by atoms with E-state index in [0.29, 0.717) is 17.9 Å². The lowest BCUT2D eigenvalue weighted by Crippen LogP contribution is -2.10. The fourth-order valence-electron chi connectivity index (χ4n) is 1.70.